The van der Waals surface area contributed by atoms with Gasteiger partial charge in [0, 0.05) is 36.6 Å². The Morgan fingerprint density at radius 3 is 2.58 bits per heavy atom. The van der Waals surface area contributed by atoms with Gasteiger partial charge < -0.3 is 9.64 Å². The molecule has 2 aromatic carbocycles. The van der Waals surface area contributed by atoms with Crippen LogP contribution in [-0.4, -0.2) is 45.2 Å². The highest BCUT2D eigenvalue weighted by molar-refractivity contribution is 7.99. The zero-order valence-corrected chi connectivity index (χ0v) is 18.6. The molecule has 0 unspecified atom stereocenters. The summed E-state index contributed by atoms with van der Waals surface area (Å²) >= 11 is 1.89. The molecule has 0 aliphatic carbocycles. The Hall–Kier alpha value is -2.80. The summed E-state index contributed by atoms with van der Waals surface area (Å²) in [6.07, 6.45) is 0.946. The first kappa shape index (κ1) is 21.4. The zero-order valence-electron chi connectivity index (χ0n) is 17.8. The van der Waals surface area contributed by atoms with E-state index >= 15 is 0 Å². The largest absolute Gasteiger partial charge is 0.439 e. The quantitative estimate of drug-likeness (QED) is 0.547. The number of rotatable bonds is 6. The van der Waals surface area contributed by atoms with Crippen molar-refractivity contribution in [1.82, 2.24) is 14.7 Å². The minimum atomic E-state index is -0.306. The van der Waals surface area contributed by atoms with Gasteiger partial charge in [-0.15, -0.1) is 0 Å². The third-order valence-corrected chi connectivity index (χ3v) is 6.31. The second-order valence-electron chi connectivity index (χ2n) is 7.67. The molecular weight excluding hydrogens is 413 g/mol. The Kier molecular flexibility index (Phi) is 6.61. The normalized spacial score (nSPS) is 14.0. The number of hydrogen-bond donors (Lipinski definition) is 0. The molecule has 0 radical (unpaired) electrons. The number of amides is 1. The fraction of sp³-hybridized carbons (Fsp3) is 0.333. The van der Waals surface area contributed by atoms with Crippen LogP contribution in [0.3, 0.4) is 0 Å². The number of benzene rings is 2. The van der Waals surface area contributed by atoms with E-state index < -0.39 is 0 Å². The minimum absolute atomic E-state index is 0.163. The number of carbonyl (C=O) groups is 1. The van der Waals surface area contributed by atoms with Crippen LogP contribution in [-0.2, 0) is 11.2 Å². The highest BCUT2D eigenvalue weighted by Crippen LogP contribution is 2.32. The lowest BCUT2D eigenvalue weighted by atomic mass is 10.1. The van der Waals surface area contributed by atoms with Crippen molar-refractivity contribution in [2.45, 2.75) is 26.7 Å². The van der Waals surface area contributed by atoms with Crippen LogP contribution in [0, 0.1) is 19.7 Å². The molecule has 5 nitrogen and oxygen atoms in total. The van der Waals surface area contributed by atoms with Crippen molar-refractivity contribution in [1.29, 1.82) is 0 Å². The van der Waals surface area contributed by atoms with E-state index in [1.54, 1.807) is 16.8 Å². The van der Waals surface area contributed by atoms with Crippen LogP contribution < -0.4 is 4.74 Å². The molecule has 4 rings (SSSR count). The van der Waals surface area contributed by atoms with Gasteiger partial charge in [-0.05, 0) is 62.2 Å². The molecule has 31 heavy (non-hydrogen) atoms. The SMILES string of the molecule is Cc1cccc(Oc2c(CCC(=O)N3CCSCC3)c(C)nn2-c2ccc(F)cc2)c1. The third kappa shape index (κ3) is 5.10. The lowest BCUT2D eigenvalue weighted by Gasteiger charge is -2.26. The van der Waals surface area contributed by atoms with Gasteiger partial charge in [-0.1, -0.05) is 12.1 Å². The molecule has 1 aliphatic heterocycles. The summed E-state index contributed by atoms with van der Waals surface area (Å²) in [5.74, 6) is 3.11. The predicted molar refractivity (Wildman–Crippen MR) is 122 cm³/mol. The van der Waals surface area contributed by atoms with E-state index in [-0.39, 0.29) is 11.7 Å². The van der Waals surface area contributed by atoms with E-state index in [1.165, 1.54) is 12.1 Å². The smallest absolute Gasteiger partial charge is 0.226 e. The molecule has 0 atom stereocenters. The van der Waals surface area contributed by atoms with E-state index in [4.69, 9.17) is 4.74 Å². The number of nitrogens with zero attached hydrogens (tertiary/aromatic N) is 3. The van der Waals surface area contributed by atoms with Gasteiger partial charge in [-0.3, -0.25) is 4.79 Å². The molecule has 1 saturated heterocycles. The van der Waals surface area contributed by atoms with Gasteiger partial charge in [0.25, 0.3) is 0 Å². The van der Waals surface area contributed by atoms with Crippen molar-refractivity contribution in [3.63, 3.8) is 0 Å². The maximum Gasteiger partial charge on any atom is 0.226 e. The van der Waals surface area contributed by atoms with Crippen molar-refractivity contribution in [2.75, 3.05) is 24.6 Å². The molecule has 0 bridgehead atoms. The number of aryl methyl sites for hydroxylation is 2. The standard InChI is InChI=1S/C24H26FN3O2S/c1-17-4-3-5-21(16-17)30-24-22(10-11-23(29)27-12-14-31-15-13-27)18(2)26-28(24)20-8-6-19(25)7-9-20/h3-9,16H,10-15H2,1-2H3. The van der Waals surface area contributed by atoms with Gasteiger partial charge in [-0.25, -0.2) is 9.07 Å². The summed E-state index contributed by atoms with van der Waals surface area (Å²) in [6, 6.07) is 13.9. The summed E-state index contributed by atoms with van der Waals surface area (Å²) in [7, 11) is 0. The number of halogens is 1. The average Bonchev–Trinajstić information content (AvgIpc) is 3.08. The van der Waals surface area contributed by atoms with Crippen LogP contribution in [0.5, 0.6) is 11.6 Å². The maximum atomic E-state index is 13.5. The third-order valence-electron chi connectivity index (χ3n) is 5.37. The number of aromatic nitrogens is 2. The number of carbonyl (C=O) groups excluding carboxylic acids is 1. The molecule has 1 fully saturated rings. The Labute approximate surface area is 186 Å². The van der Waals surface area contributed by atoms with Crippen molar-refractivity contribution in [3.8, 4) is 17.3 Å². The zero-order chi connectivity index (χ0) is 21.8. The van der Waals surface area contributed by atoms with Gasteiger partial charge >= 0.3 is 0 Å². The van der Waals surface area contributed by atoms with E-state index in [0.29, 0.717) is 30.2 Å². The molecule has 3 aromatic rings. The van der Waals surface area contributed by atoms with Gasteiger partial charge in [-0.2, -0.15) is 16.9 Å². The summed E-state index contributed by atoms with van der Waals surface area (Å²) < 4.78 is 21.4. The van der Waals surface area contributed by atoms with Gasteiger partial charge in [0.15, 0.2) is 0 Å². The average molecular weight is 440 g/mol. The Morgan fingerprint density at radius 2 is 1.87 bits per heavy atom. The second kappa shape index (κ2) is 9.56. The van der Waals surface area contributed by atoms with Crippen LogP contribution in [0.2, 0.25) is 0 Å². The molecule has 0 spiro atoms. The molecule has 2 heterocycles. The van der Waals surface area contributed by atoms with Gasteiger partial charge in [0.2, 0.25) is 11.8 Å². The Morgan fingerprint density at radius 1 is 1.13 bits per heavy atom. The highest BCUT2D eigenvalue weighted by atomic mass is 32.2. The lowest BCUT2D eigenvalue weighted by molar-refractivity contribution is -0.130. The maximum absolute atomic E-state index is 13.5. The highest BCUT2D eigenvalue weighted by Gasteiger charge is 2.22. The van der Waals surface area contributed by atoms with E-state index in [0.717, 1.165) is 41.4 Å². The van der Waals surface area contributed by atoms with Crippen LogP contribution in [0.25, 0.3) is 5.69 Å². The van der Waals surface area contributed by atoms with Crippen molar-refractivity contribution < 1.29 is 13.9 Å². The fourth-order valence-electron chi connectivity index (χ4n) is 3.68. The molecule has 1 aromatic heterocycles. The van der Waals surface area contributed by atoms with E-state index in [1.807, 2.05) is 54.8 Å². The van der Waals surface area contributed by atoms with Gasteiger partial charge in [0.05, 0.1) is 11.4 Å². The molecule has 0 N–H and O–H groups in total. The predicted octanol–water partition coefficient (Wildman–Crippen LogP) is 4.93. The fourth-order valence-corrected chi connectivity index (χ4v) is 4.58. The molecular formula is C24H26FN3O2S. The van der Waals surface area contributed by atoms with Crippen LogP contribution >= 0.6 is 11.8 Å². The second-order valence-corrected chi connectivity index (χ2v) is 8.89. The Bertz CT molecular complexity index is 1060. The lowest BCUT2D eigenvalue weighted by Crippen LogP contribution is -2.38. The van der Waals surface area contributed by atoms with Crippen LogP contribution in [0.15, 0.2) is 48.5 Å². The number of thioether (sulfide) groups is 1. The first-order valence-electron chi connectivity index (χ1n) is 10.5. The molecule has 7 heteroatoms. The molecule has 1 aliphatic rings. The number of ether oxygens (including phenoxy) is 1. The summed E-state index contributed by atoms with van der Waals surface area (Å²) in [6.45, 7) is 5.54. The van der Waals surface area contributed by atoms with E-state index in [9.17, 15) is 9.18 Å². The summed E-state index contributed by atoms with van der Waals surface area (Å²) in [5.41, 5.74) is 3.49. The summed E-state index contributed by atoms with van der Waals surface area (Å²) in [4.78, 5) is 14.7. The van der Waals surface area contributed by atoms with Crippen LogP contribution in [0.4, 0.5) is 4.39 Å². The topological polar surface area (TPSA) is 47.4 Å². The monoisotopic (exact) mass is 439 g/mol. The first-order valence-corrected chi connectivity index (χ1v) is 11.6. The first-order chi connectivity index (χ1) is 15.0. The van der Waals surface area contributed by atoms with Crippen molar-refractivity contribution in [3.05, 3.63) is 71.2 Å². The Balaban J connectivity index is 1.64. The van der Waals surface area contributed by atoms with Crippen molar-refractivity contribution >= 4 is 17.7 Å². The summed E-state index contributed by atoms with van der Waals surface area (Å²) in [5, 5.41) is 4.66. The number of hydrogen-bond acceptors (Lipinski definition) is 4. The minimum Gasteiger partial charge on any atom is -0.439 e. The van der Waals surface area contributed by atoms with E-state index in [2.05, 4.69) is 5.10 Å². The molecule has 0 saturated carbocycles. The molecule has 162 valence electrons. The van der Waals surface area contributed by atoms with Gasteiger partial charge in [0.1, 0.15) is 11.6 Å². The molecule has 1 amide bonds. The van der Waals surface area contributed by atoms with Crippen LogP contribution in [0.1, 0.15) is 23.2 Å². The van der Waals surface area contributed by atoms with Crippen molar-refractivity contribution in [2.24, 2.45) is 0 Å².